The van der Waals surface area contributed by atoms with Crippen molar-refractivity contribution < 1.29 is 41.0 Å². The summed E-state index contributed by atoms with van der Waals surface area (Å²) >= 11 is 0. The van der Waals surface area contributed by atoms with Gasteiger partial charge in [0.2, 0.25) is 0 Å². The van der Waals surface area contributed by atoms with Crippen molar-refractivity contribution in [2.45, 2.75) is 57.2 Å². The van der Waals surface area contributed by atoms with Gasteiger partial charge in [-0.1, -0.05) is 13.5 Å². The number of aliphatic hydroxyl groups is 1. The molecule has 1 rings (SSSR count). The normalized spacial score (nSPS) is 19.5. The van der Waals surface area contributed by atoms with E-state index < -0.39 is 41.9 Å². The molecule has 0 aromatic carbocycles. The molecule has 0 aliphatic heterocycles. The molecule has 1 unspecified atom stereocenters. The van der Waals surface area contributed by atoms with Crippen molar-refractivity contribution in [3.8, 4) is 0 Å². The maximum absolute atomic E-state index is 12.7. The summed E-state index contributed by atoms with van der Waals surface area (Å²) in [5.41, 5.74) is -6.11. The number of rotatable bonds is 5. The number of hydrogen-bond acceptors (Lipinski definition) is 3. The van der Waals surface area contributed by atoms with Gasteiger partial charge in [-0.25, -0.2) is 4.79 Å². The largest absolute Gasteiger partial charge is 0.458 e. The van der Waals surface area contributed by atoms with E-state index in [0.717, 1.165) is 0 Å². The Morgan fingerprint density at radius 2 is 1.64 bits per heavy atom. The van der Waals surface area contributed by atoms with Crippen molar-refractivity contribution in [2.24, 2.45) is 5.41 Å². The zero-order chi connectivity index (χ0) is 17.6. The highest BCUT2D eigenvalue weighted by Gasteiger charge is 2.72. The van der Waals surface area contributed by atoms with Gasteiger partial charge in [0.05, 0.1) is 0 Å². The van der Waals surface area contributed by atoms with Gasteiger partial charge in [0.15, 0.2) is 0 Å². The first-order valence-electron chi connectivity index (χ1n) is 6.36. The molecule has 128 valence electrons. The van der Waals surface area contributed by atoms with E-state index in [2.05, 4.69) is 6.58 Å². The van der Waals surface area contributed by atoms with Crippen molar-refractivity contribution in [2.75, 3.05) is 0 Å². The topological polar surface area (TPSA) is 46.5 Å². The molecule has 0 saturated heterocycles. The average molecular weight is 334 g/mol. The minimum Gasteiger partial charge on any atom is -0.458 e. The summed E-state index contributed by atoms with van der Waals surface area (Å²) < 4.78 is 81.1. The van der Waals surface area contributed by atoms with E-state index in [1.165, 1.54) is 13.8 Å². The molecule has 1 saturated carbocycles. The second-order valence-electron chi connectivity index (χ2n) is 5.89. The summed E-state index contributed by atoms with van der Waals surface area (Å²) in [6.07, 6.45) is -14.8. The quantitative estimate of drug-likeness (QED) is 0.475. The zero-order valence-corrected chi connectivity index (χ0v) is 11.9. The fourth-order valence-corrected chi connectivity index (χ4v) is 1.84. The third-order valence-electron chi connectivity index (χ3n) is 3.83. The Morgan fingerprint density at radius 1 is 1.23 bits per heavy atom. The van der Waals surface area contributed by atoms with Crippen LogP contribution >= 0.6 is 0 Å². The van der Waals surface area contributed by atoms with E-state index in [1.54, 1.807) is 0 Å². The minimum atomic E-state index is -5.94. The maximum atomic E-state index is 12.7. The lowest BCUT2D eigenvalue weighted by atomic mass is 9.87. The lowest BCUT2D eigenvalue weighted by Gasteiger charge is -2.36. The van der Waals surface area contributed by atoms with Crippen LogP contribution in [0.4, 0.5) is 26.3 Å². The second-order valence-corrected chi connectivity index (χ2v) is 5.89. The Kier molecular flexibility index (Phi) is 4.64. The third-order valence-corrected chi connectivity index (χ3v) is 3.83. The average Bonchev–Trinajstić information content (AvgIpc) is 3.04. The van der Waals surface area contributed by atoms with E-state index in [0.29, 0.717) is 12.8 Å². The van der Waals surface area contributed by atoms with Crippen LogP contribution in [-0.4, -0.2) is 35.1 Å². The second kappa shape index (κ2) is 5.43. The molecule has 0 spiro atoms. The minimum absolute atomic E-state index is 0.156. The molecule has 1 aliphatic rings. The Bertz CT molecular complexity index is 447. The van der Waals surface area contributed by atoms with Gasteiger partial charge in [-0.2, -0.15) is 26.3 Å². The number of alkyl halides is 6. The van der Waals surface area contributed by atoms with Gasteiger partial charge in [-0.3, -0.25) is 0 Å². The molecule has 1 aliphatic carbocycles. The summed E-state index contributed by atoms with van der Waals surface area (Å²) in [6.45, 7) is 5.84. The first kappa shape index (κ1) is 18.8. The third kappa shape index (κ3) is 3.56. The van der Waals surface area contributed by atoms with E-state index in [4.69, 9.17) is 4.74 Å². The van der Waals surface area contributed by atoms with Crippen LogP contribution in [0.25, 0.3) is 0 Å². The van der Waals surface area contributed by atoms with E-state index >= 15 is 0 Å². The maximum Gasteiger partial charge on any atom is 0.426 e. The summed E-state index contributed by atoms with van der Waals surface area (Å²) in [7, 11) is 0. The molecule has 9 heteroatoms. The molecule has 1 fully saturated rings. The number of carbonyl (C=O) groups excluding carboxylic acids is 1. The number of halogens is 6. The van der Waals surface area contributed by atoms with Gasteiger partial charge in [0, 0.05) is 17.4 Å². The molecule has 0 bridgehead atoms. The van der Waals surface area contributed by atoms with Gasteiger partial charge < -0.3 is 9.84 Å². The van der Waals surface area contributed by atoms with E-state index in [9.17, 15) is 36.2 Å². The van der Waals surface area contributed by atoms with E-state index in [-0.39, 0.29) is 5.57 Å². The lowest BCUT2D eigenvalue weighted by Crippen LogP contribution is -2.59. The fourth-order valence-electron chi connectivity index (χ4n) is 1.84. The molecule has 0 radical (unpaired) electrons. The Balaban J connectivity index is 3.11. The predicted molar refractivity (Wildman–Crippen MR) is 63.7 cm³/mol. The summed E-state index contributed by atoms with van der Waals surface area (Å²) in [4.78, 5) is 11.4. The highest BCUT2D eigenvalue weighted by atomic mass is 19.4. The molecular weight excluding hydrogens is 318 g/mol. The van der Waals surface area contributed by atoms with Crippen LogP contribution < -0.4 is 0 Å². The van der Waals surface area contributed by atoms with Gasteiger partial charge in [0.25, 0.3) is 5.60 Å². The van der Waals surface area contributed by atoms with Crippen LogP contribution in [0.1, 0.15) is 33.1 Å². The van der Waals surface area contributed by atoms with Crippen LogP contribution in [0.3, 0.4) is 0 Å². The smallest absolute Gasteiger partial charge is 0.426 e. The zero-order valence-electron chi connectivity index (χ0n) is 11.9. The molecule has 0 heterocycles. The van der Waals surface area contributed by atoms with Gasteiger partial charge in [-0.05, 0) is 19.8 Å². The molecule has 0 aromatic rings. The summed E-state index contributed by atoms with van der Waals surface area (Å²) in [6, 6.07) is 0. The molecule has 0 amide bonds. The van der Waals surface area contributed by atoms with Crippen LogP contribution in [-0.2, 0) is 9.53 Å². The fraction of sp³-hybridized carbons (Fsp3) is 0.769. The number of esters is 1. The monoisotopic (exact) mass is 334 g/mol. The number of ether oxygens (including phenoxy) is 1. The Hall–Kier alpha value is -1.25. The SMILES string of the molecule is C=C(C)C(=O)OC(CC(O)(C(F)(F)F)C(F)(F)F)C1(C)CC1. The van der Waals surface area contributed by atoms with E-state index in [1.807, 2.05) is 0 Å². The summed E-state index contributed by atoms with van der Waals surface area (Å²) in [5.74, 6) is -1.09. The Labute approximate surface area is 122 Å². The molecule has 22 heavy (non-hydrogen) atoms. The van der Waals surface area contributed by atoms with Crippen LogP contribution in [0.15, 0.2) is 12.2 Å². The lowest BCUT2D eigenvalue weighted by molar-refractivity contribution is -0.375. The van der Waals surface area contributed by atoms with Crippen LogP contribution in [0.2, 0.25) is 0 Å². The molecular formula is C13H16F6O3. The van der Waals surface area contributed by atoms with Crippen LogP contribution in [0, 0.1) is 5.41 Å². The van der Waals surface area contributed by atoms with Crippen molar-refractivity contribution in [1.29, 1.82) is 0 Å². The highest BCUT2D eigenvalue weighted by Crippen LogP contribution is 2.55. The van der Waals surface area contributed by atoms with Crippen molar-refractivity contribution in [3.63, 3.8) is 0 Å². The predicted octanol–water partition coefficient (Wildman–Crippen LogP) is 3.52. The number of carbonyl (C=O) groups is 1. The van der Waals surface area contributed by atoms with Crippen molar-refractivity contribution in [1.82, 2.24) is 0 Å². The molecule has 3 nitrogen and oxygen atoms in total. The van der Waals surface area contributed by atoms with Gasteiger partial charge in [0.1, 0.15) is 6.10 Å². The van der Waals surface area contributed by atoms with Crippen molar-refractivity contribution >= 4 is 5.97 Å². The standard InChI is InChI=1S/C13H16F6O3/c1-7(2)9(20)22-8(10(3)4-5-10)6-11(21,12(14,15)16)13(17,18)19/h8,21H,1,4-6H2,2-3H3. The molecule has 0 aromatic heterocycles. The van der Waals surface area contributed by atoms with Gasteiger partial charge in [-0.15, -0.1) is 0 Å². The first-order chi connectivity index (χ1) is 9.64. The Morgan fingerprint density at radius 3 is 1.91 bits per heavy atom. The summed E-state index contributed by atoms with van der Waals surface area (Å²) in [5, 5.41) is 9.23. The number of hydrogen-bond donors (Lipinski definition) is 1. The van der Waals surface area contributed by atoms with Crippen LogP contribution in [0.5, 0.6) is 0 Å². The molecule has 1 atom stereocenters. The first-order valence-corrected chi connectivity index (χ1v) is 6.36. The highest BCUT2D eigenvalue weighted by molar-refractivity contribution is 5.87. The van der Waals surface area contributed by atoms with Gasteiger partial charge >= 0.3 is 18.3 Å². The van der Waals surface area contributed by atoms with Crippen molar-refractivity contribution in [3.05, 3.63) is 12.2 Å². The molecule has 1 N–H and O–H groups in total.